The zero-order valence-corrected chi connectivity index (χ0v) is 48.8. The fourth-order valence-corrected chi connectivity index (χ4v) is 8.79. The number of H-pyrrole nitrogens is 1. The SMILES string of the molecule is CC=C1NC(=O)C([C@@H](O)C(C)C)NC(=O)[C@@H](CO)NC(=O)C([C@H](C)O)NC(=O)C(NC(=O)[C@H](N)[C@@H](C)CC)[C@@H](C(C)C)OC(=O)C(Cc2ccccc2)NC(=O)[C@H](CCCN)NC(=O)C(=C(O)c2c[nH]c3ccccc23)NC(=O)[C@H](CO)NC1=O. The second-order valence-corrected chi connectivity index (χ2v) is 21.3. The van der Waals surface area contributed by atoms with Crippen LogP contribution in [-0.2, 0) is 59.1 Å². The summed E-state index contributed by atoms with van der Waals surface area (Å²) in [4.78, 5) is 146. The molecule has 2 aromatic carbocycles. The molecule has 19 N–H and O–H groups in total. The van der Waals surface area contributed by atoms with Crippen LogP contribution in [0.3, 0.4) is 0 Å². The van der Waals surface area contributed by atoms with Crippen LogP contribution in [0.15, 0.2) is 78.3 Å². The number of carbonyl (C=O) groups is 10. The van der Waals surface area contributed by atoms with E-state index in [0.717, 1.165) is 13.0 Å². The predicted molar refractivity (Wildman–Crippen MR) is 309 cm³/mol. The van der Waals surface area contributed by atoms with Crippen molar-refractivity contribution in [2.24, 2.45) is 29.2 Å². The van der Waals surface area contributed by atoms with Crippen LogP contribution in [-0.4, -0.2) is 176 Å². The highest BCUT2D eigenvalue weighted by molar-refractivity contribution is 6.08. The number of esters is 1. The molecule has 4 unspecified atom stereocenters. The smallest absolute Gasteiger partial charge is 0.329 e. The van der Waals surface area contributed by atoms with Gasteiger partial charge in [0.05, 0.1) is 31.5 Å². The highest BCUT2D eigenvalue weighted by Gasteiger charge is 2.42. The number of hydrogen-bond acceptors (Lipinski definition) is 18. The van der Waals surface area contributed by atoms with E-state index in [9.17, 15) is 73.5 Å². The summed E-state index contributed by atoms with van der Waals surface area (Å²) in [7, 11) is 0. The highest BCUT2D eigenvalue weighted by atomic mass is 16.5. The molecule has 4 rings (SSSR count). The van der Waals surface area contributed by atoms with E-state index in [0.29, 0.717) is 22.9 Å². The molecule has 28 nitrogen and oxygen atoms in total. The molecule has 2 heterocycles. The summed E-state index contributed by atoms with van der Waals surface area (Å²) in [6.07, 6.45) is -2.87. The number of carbonyl (C=O) groups excluding carboxylic acids is 10. The summed E-state index contributed by atoms with van der Waals surface area (Å²) in [6, 6.07) is 0.426. The number of fused-ring (bicyclic) bond motifs is 1. The fraction of sp³-hybridized carbons (Fsp3) is 0.509. The molecular formula is C57H82N12O16. The topological polar surface area (TPSA) is 457 Å². The van der Waals surface area contributed by atoms with Crippen LogP contribution >= 0.6 is 0 Å². The van der Waals surface area contributed by atoms with Gasteiger partial charge in [0.1, 0.15) is 59.8 Å². The number of amides is 9. The van der Waals surface area contributed by atoms with Crippen LogP contribution < -0.4 is 59.3 Å². The number of aliphatic hydroxyl groups excluding tert-OH is 5. The maximum Gasteiger partial charge on any atom is 0.329 e. The van der Waals surface area contributed by atoms with E-state index in [4.69, 9.17) is 16.2 Å². The number of nitrogens with one attached hydrogen (secondary N) is 10. The van der Waals surface area contributed by atoms with E-state index < -0.39 is 174 Å². The Morgan fingerprint density at radius 2 is 1.29 bits per heavy atom. The summed E-state index contributed by atoms with van der Waals surface area (Å²) in [6.45, 7) is 9.39. The first kappa shape index (κ1) is 69.2. The second-order valence-electron chi connectivity index (χ2n) is 21.3. The van der Waals surface area contributed by atoms with Crippen molar-refractivity contribution in [3.05, 3.63) is 89.4 Å². The number of aromatic nitrogens is 1. The van der Waals surface area contributed by atoms with Gasteiger partial charge in [0, 0.05) is 29.1 Å². The number of rotatable bonds is 16. The van der Waals surface area contributed by atoms with Crippen LogP contribution in [0.25, 0.3) is 16.7 Å². The molecule has 12 atom stereocenters. The van der Waals surface area contributed by atoms with Crippen molar-refractivity contribution < 1.29 is 78.2 Å². The average Bonchev–Trinajstić information content (AvgIpc) is 3.29. The largest absolute Gasteiger partial charge is 0.505 e. The van der Waals surface area contributed by atoms with Crippen molar-refractivity contribution in [2.45, 2.75) is 148 Å². The molecule has 85 heavy (non-hydrogen) atoms. The summed E-state index contributed by atoms with van der Waals surface area (Å²) >= 11 is 0. The first-order valence-electron chi connectivity index (χ1n) is 27.9. The van der Waals surface area contributed by atoms with E-state index in [-0.39, 0.29) is 31.4 Å². The van der Waals surface area contributed by atoms with Gasteiger partial charge in [0.15, 0.2) is 5.76 Å². The lowest BCUT2D eigenvalue weighted by Crippen LogP contribution is -2.65. The number of cyclic esters (lactones) is 1. The zero-order valence-electron chi connectivity index (χ0n) is 48.8. The summed E-state index contributed by atoms with van der Waals surface area (Å²) < 4.78 is 6.09. The van der Waals surface area contributed by atoms with E-state index in [1.807, 2.05) is 0 Å². The third kappa shape index (κ3) is 18.9. The maximum atomic E-state index is 14.8. The molecule has 1 aromatic heterocycles. The quantitative estimate of drug-likeness (QED) is 0.0393. The lowest BCUT2D eigenvalue weighted by atomic mass is 9.95. The minimum atomic E-state index is -2.00. The Morgan fingerprint density at radius 1 is 0.706 bits per heavy atom. The van der Waals surface area contributed by atoms with E-state index in [1.54, 1.807) is 68.4 Å². The Bertz CT molecular complexity index is 2910. The molecule has 28 heteroatoms. The van der Waals surface area contributed by atoms with Gasteiger partial charge in [-0.25, -0.2) is 4.79 Å². The number of ether oxygens (including phenoxy) is 1. The molecule has 1 fully saturated rings. The van der Waals surface area contributed by atoms with Gasteiger partial charge in [-0.15, -0.1) is 0 Å². The molecule has 0 radical (unpaired) electrons. The predicted octanol–water partition coefficient (Wildman–Crippen LogP) is -2.76. The van der Waals surface area contributed by atoms with Gasteiger partial charge in [-0.3, -0.25) is 43.2 Å². The molecule has 0 aliphatic carbocycles. The minimum absolute atomic E-state index is 0.0270. The average molecular weight is 1190 g/mol. The molecule has 3 aromatic rings. The third-order valence-corrected chi connectivity index (χ3v) is 14.2. The number of hydrogen-bond donors (Lipinski definition) is 17. The molecular weight excluding hydrogens is 1110 g/mol. The van der Waals surface area contributed by atoms with E-state index >= 15 is 0 Å². The maximum absolute atomic E-state index is 14.8. The molecule has 466 valence electrons. The zero-order chi connectivity index (χ0) is 63.4. The van der Waals surface area contributed by atoms with Crippen molar-refractivity contribution in [1.82, 2.24) is 52.8 Å². The van der Waals surface area contributed by atoms with Crippen LogP contribution in [0.1, 0.15) is 85.8 Å². The Hall–Kier alpha value is -8.28. The van der Waals surface area contributed by atoms with Crippen molar-refractivity contribution in [3.8, 4) is 0 Å². The fourth-order valence-electron chi connectivity index (χ4n) is 8.79. The minimum Gasteiger partial charge on any atom is -0.505 e. The lowest BCUT2D eigenvalue weighted by Gasteiger charge is -2.34. The number of aliphatic hydroxyl groups is 5. The number of nitrogens with two attached hydrogens (primary N) is 2. The lowest BCUT2D eigenvalue weighted by molar-refractivity contribution is -0.160. The standard InChI is InChI=1S/C57H82N12O16/c1-9-29(7)40(59)52(79)69-44-47(28(5)6)85-57(84)37(23-31-17-12-11-13-18-31)63-49(76)36(21-16-22-58)62-55(82)43(46(74)33-24-60-35-20-15-14-19-32(33)35)68-50(77)38(25-70)64-48(75)34(10-2)61-54(81)42(45(73)27(3)4)67-51(78)39(26-71)65-53(80)41(30(8)72)66-56(44)83/h10-15,17-20,24,27-30,36-42,44-45,47,60,70-74H,9,16,21-23,25-26,58-59H2,1-8H3,(H,61,81)(H,62,82)(H,63,76)(H,64,75)(H,65,80)(H,66,83)(H,67,78)(H,68,77)(H,69,79)/t29-,30-,36-,37?,38-,39+,40+,41?,42?,44?,45-,47+/m0/s1. The first-order chi connectivity index (χ1) is 40.2. The van der Waals surface area contributed by atoms with Gasteiger partial charge in [-0.2, -0.15) is 0 Å². The van der Waals surface area contributed by atoms with Crippen molar-refractivity contribution in [3.63, 3.8) is 0 Å². The summed E-state index contributed by atoms with van der Waals surface area (Å²) in [5, 5.41) is 76.7. The molecule has 0 spiro atoms. The third-order valence-electron chi connectivity index (χ3n) is 14.2. The van der Waals surface area contributed by atoms with Crippen molar-refractivity contribution in [1.29, 1.82) is 0 Å². The molecule has 0 saturated carbocycles. The Kier molecular flexibility index (Phi) is 26.6. The van der Waals surface area contributed by atoms with Gasteiger partial charge < -0.3 is 94.6 Å². The van der Waals surface area contributed by atoms with Crippen LogP contribution in [0.4, 0.5) is 0 Å². The van der Waals surface area contributed by atoms with Gasteiger partial charge in [0.25, 0.3) is 11.8 Å². The van der Waals surface area contributed by atoms with Gasteiger partial charge >= 0.3 is 5.97 Å². The van der Waals surface area contributed by atoms with E-state index in [2.05, 4.69) is 52.8 Å². The van der Waals surface area contributed by atoms with Crippen LogP contribution in [0.2, 0.25) is 0 Å². The number of para-hydroxylation sites is 1. The Morgan fingerprint density at radius 3 is 1.88 bits per heavy atom. The van der Waals surface area contributed by atoms with Crippen LogP contribution in [0.5, 0.6) is 0 Å². The first-order valence-corrected chi connectivity index (χ1v) is 27.9. The highest BCUT2D eigenvalue weighted by Crippen LogP contribution is 2.26. The van der Waals surface area contributed by atoms with Crippen LogP contribution in [0, 0.1) is 17.8 Å². The number of allylic oxidation sites excluding steroid dienone is 1. The normalized spacial score (nSPS) is 25.1. The van der Waals surface area contributed by atoms with Crippen molar-refractivity contribution >= 4 is 75.8 Å². The Labute approximate surface area is 491 Å². The second kappa shape index (κ2) is 32.7. The monoisotopic (exact) mass is 1190 g/mol. The molecule has 0 bridgehead atoms. The van der Waals surface area contributed by atoms with Gasteiger partial charge in [0.2, 0.25) is 41.4 Å². The molecule has 9 amide bonds. The van der Waals surface area contributed by atoms with Gasteiger partial charge in [-0.1, -0.05) is 103 Å². The number of benzene rings is 2. The Balaban J connectivity index is 1.98. The summed E-state index contributed by atoms with van der Waals surface area (Å²) in [5.41, 5.74) is 11.6. The molecule has 1 aliphatic rings. The van der Waals surface area contributed by atoms with E-state index in [1.165, 1.54) is 40.8 Å². The molecule has 1 saturated heterocycles. The summed E-state index contributed by atoms with van der Waals surface area (Å²) in [5.74, 6) is -15.1. The number of aromatic amines is 1. The van der Waals surface area contributed by atoms with Crippen molar-refractivity contribution in [2.75, 3.05) is 19.8 Å². The molecule has 1 aliphatic heterocycles. The van der Waals surface area contributed by atoms with Gasteiger partial charge in [-0.05, 0) is 62.6 Å².